The van der Waals surface area contributed by atoms with Crippen LogP contribution in [0, 0.1) is 0 Å². The van der Waals surface area contributed by atoms with Gasteiger partial charge in [-0.2, -0.15) is 0 Å². The molecule has 0 amide bonds. The van der Waals surface area contributed by atoms with Gasteiger partial charge in [0.15, 0.2) is 0 Å². The molecule has 0 aliphatic heterocycles. The molecule has 0 spiro atoms. The summed E-state index contributed by atoms with van der Waals surface area (Å²) in [6.07, 6.45) is 14.0. The van der Waals surface area contributed by atoms with Gasteiger partial charge in [-0.25, -0.2) is 0 Å². The molecule has 0 fully saturated rings. The number of Topliss-reactive ketones (excluding diaryl/α,β-unsaturated/α-hetero) is 1. The van der Waals surface area contributed by atoms with Gasteiger partial charge >= 0.3 is 0 Å². The Kier molecular flexibility index (Phi) is 9.10. The van der Waals surface area contributed by atoms with Crippen LogP contribution < -0.4 is 0 Å². The summed E-state index contributed by atoms with van der Waals surface area (Å²) in [5.74, 6) is 0.273. The van der Waals surface area contributed by atoms with Crippen LogP contribution in [0.4, 0.5) is 0 Å². The topological polar surface area (TPSA) is 20.3 Å². The Hall–Kier alpha value is -1.93. The summed E-state index contributed by atoms with van der Waals surface area (Å²) in [6, 6.07) is 8.49. The molecule has 158 valence electrons. The van der Waals surface area contributed by atoms with Gasteiger partial charge in [-0.3, -0.25) is 4.79 Å². The van der Waals surface area contributed by atoms with Crippen molar-refractivity contribution in [1.82, 2.24) is 4.90 Å². The van der Waals surface area contributed by atoms with Gasteiger partial charge in [-0.1, -0.05) is 75.3 Å². The maximum atomic E-state index is 13.1. The molecule has 1 atom stereocenters. The number of benzene rings is 1. The second-order valence-electron chi connectivity index (χ2n) is 8.18. The number of ketones is 1. The van der Waals surface area contributed by atoms with Crippen LogP contribution in [-0.2, 0) is 10.2 Å². The molecule has 1 aliphatic carbocycles. The zero-order valence-corrected chi connectivity index (χ0v) is 19.1. The van der Waals surface area contributed by atoms with E-state index in [-0.39, 0.29) is 5.78 Å². The highest BCUT2D eigenvalue weighted by Crippen LogP contribution is 2.50. The predicted octanol–water partition coefficient (Wildman–Crippen LogP) is 6.73. The molecule has 29 heavy (non-hydrogen) atoms. The SMILES string of the molecule is C/C=C\C=C/C1=C(C)C(CCCCN(CC)CCCC)(C(C)=O)c2ccccc21. The standard InChI is InChI=1S/C27H39NO/c1-6-9-11-16-24-22(4)27(23(5)29,26-18-13-12-17-25(24)26)19-14-15-21-28(8-3)20-10-7-2/h6,9,11-13,16-18H,7-8,10,14-15,19-21H2,1-5H3/b9-6-,16-11-. The largest absolute Gasteiger partial charge is 0.304 e. The highest BCUT2D eigenvalue weighted by atomic mass is 16.1. The summed E-state index contributed by atoms with van der Waals surface area (Å²) in [6.45, 7) is 13.9. The number of unbranched alkanes of at least 4 members (excludes halogenated alkanes) is 2. The number of carbonyl (C=O) groups is 1. The first-order valence-electron chi connectivity index (χ1n) is 11.4. The number of rotatable bonds is 12. The molecule has 1 aliphatic rings. The summed E-state index contributed by atoms with van der Waals surface area (Å²) in [5, 5.41) is 0. The fourth-order valence-corrected chi connectivity index (χ4v) is 4.69. The monoisotopic (exact) mass is 393 g/mol. The fourth-order valence-electron chi connectivity index (χ4n) is 4.69. The van der Waals surface area contributed by atoms with Gasteiger partial charge in [0.1, 0.15) is 5.78 Å². The Balaban J connectivity index is 2.24. The maximum Gasteiger partial charge on any atom is 0.144 e. The van der Waals surface area contributed by atoms with Crippen molar-refractivity contribution in [3.63, 3.8) is 0 Å². The number of hydrogen-bond acceptors (Lipinski definition) is 2. The highest BCUT2D eigenvalue weighted by Gasteiger charge is 2.45. The lowest BCUT2D eigenvalue weighted by molar-refractivity contribution is -0.121. The van der Waals surface area contributed by atoms with Gasteiger partial charge in [0, 0.05) is 0 Å². The van der Waals surface area contributed by atoms with Crippen LogP contribution in [0.15, 0.2) is 54.1 Å². The Morgan fingerprint density at radius 2 is 1.79 bits per heavy atom. The first-order chi connectivity index (χ1) is 14.0. The first-order valence-corrected chi connectivity index (χ1v) is 11.4. The van der Waals surface area contributed by atoms with Crippen molar-refractivity contribution in [1.29, 1.82) is 0 Å². The number of fused-ring (bicyclic) bond motifs is 1. The third kappa shape index (κ3) is 5.17. The Bertz CT molecular complexity index is 770. The van der Waals surface area contributed by atoms with Crippen molar-refractivity contribution in [2.45, 2.75) is 72.1 Å². The summed E-state index contributed by atoms with van der Waals surface area (Å²) < 4.78 is 0. The second kappa shape index (κ2) is 11.3. The molecule has 0 aromatic heterocycles. The molecule has 0 saturated carbocycles. The molecule has 0 radical (unpaired) electrons. The normalized spacial score (nSPS) is 19.1. The van der Waals surface area contributed by atoms with Gasteiger partial charge < -0.3 is 4.90 Å². The quantitative estimate of drug-likeness (QED) is 0.290. The summed E-state index contributed by atoms with van der Waals surface area (Å²) >= 11 is 0. The molecule has 0 saturated heterocycles. The minimum atomic E-state index is -0.466. The molecule has 1 aromatic rings. The van der Waals surface area contributed by atoms with Crippen LogP contribution in [0.5, 0.6) is 0 Å². The van der Waals surface area contributed by atoms with Gasteiger partial charge in [-0.15, -0.1) is 0 Å². The van der Waals surface area contributed by atoms with E-state index in [1.807, 2.05) is 19.1 Å². The van der Waals surface area contributed by atoms with E-state index >= 15 is 0 Å². The molecule has 2 heteroatoms. The van der Waals surface area contributed by atoms with Gasteiger partial charge in [0.2, 0.25) is 0 Å². The molecule has 1 aromatic carbocycles. The van der Waals surface area contributed by atoms with E-state index in [0.717, 1.165) is 32.4 Å². The van der Waals surface area contributed by atoms with E-state index in [0.29, 0.717) is 0 Å². The average molecular weight is 394 g/mol. The molecule has 2 rings (SSSR count). The molecular formula is C27H39NO. The van der Waals surface area contributed by atoms with Crippen LogP contribution in [0.2, 0.25) is 0 Å². The summed E-state index contributed by atoms with van der Waals surface area (Å²) in [4.78, 5) is 15.6. The molecule has 0 heterocycles. The van der Waals surface area contributed by atoms with Gasteiger partial charge in [-0.05, 0) is 81.9 Å². The lowest BCUT2D eigenvalue weighted by Gasteiger charge is -2.31. The maximum absolute atomic E-state index is 13.1. The zero-order chi connectivity index (χ0) is 21.3. The van der Waals surface area contributed by atoms with Crippen LogP contribution in [0.25, 0.3) is 5.57 Å². The number of hydrogen-bond donors (Lipinski definition) is 0. The zero-order valence-electron chi connectivity index (χ0n) is 19.1. The van der Waals surface area contributed by atoms with Crippen molar-refractivity contribution in [2.75, 3.05) is 19.6 Å². The van der Waals surface area contributed by atoms with E-state index < -0.39 is 5.41 Å². The Morgan fingerprint density at radius 1 is 1.07 bits per heavy atom. The average Bonchev–Trinajstić information content (AvgIpc) is 2.97. The van der Waals surface area contributed by atoms with Crippen LogP contribution >= 0.6 is 0 Å². The van der Waals surface area contributed by atoms with Crippen LogP contribution in [-0.4, -0.2) is 30.3 Å². The van der Waals surface area contributed by atoms with Crippen molar-refractivity contribution in [3.8, 4) is 0 Å². The summed E-state index contributed by atoms with van der Waals surface area (Å²) in [5.41, 5.74) is 4.38. The highest BCUT2D eigenvalue weighted by molar-refractivity contribution is 6.01. The second-order valence-corrected chi connectivity index (χ2v) is 8.18. The Morgan fingerprint density at radius 3 is 2.45 bits per heavy atom. The first kappa shape index (κ1) is 23.3. The van der Waals surface area contributed by atoms with E-state index in [9.17, 15) is 4.79 Å². The van der Waals surface area contributed by atoms with E-state index in [1.54, 1.807) is 6.92 Å². The molecule has 1 unspecified atom stereocenters. The molecule has 2 nitrogen and oxygen atoms in total. The minimum Gasteiger partial charge on any atom is -0.304 e. The van der Waals surface area contributed by atoms with Gasteiger partial charge in [0.25, 0.3) is 0 Å². The smallest absolute Gasteiger partial charge is 0.144 e. The third-order valence-corrected chi connectivity index (χ3v) is 6.44. The van der Waals surface area contributed by atoms with Gasteiger partial charge in [0.05, 0.1) is 5.41 Å². The van der Waals surface area contributed by atoms with Crippen molar-refractivity contribution in [2.24, 2.45) is 0 Å². The van der Waals surface area contributed by atoms with Crippen molar-refractivity contribution >= 4 is 11.4 Å². The summed E-state index contributed by atoms with van der Waals surface area (Å²) in [7, 11) is 0. The molecule has 0 bridgehead atoms. The lowest BCUT2D eigenvalue weighted by atomic mass is 9.71. The van der Waals surface area contributed by atoms with Crippen LogP contribution in [0.1, 0.15) is 77.8 Å². The van der Waals surface area contributed by atoms with Crippen molar-refractivity contribution in [3.05, 3.63) is 65.3 Å². The van der Waals surface area contributed by atoms with E-state index in [2.05, 4.69) is 62.1 Å². The molecule has 0 N–H and O–H groups in total. The van der Waals surface area contributed by atoms with Crippen molar-refractivity contribution < 1.29 is 4.79 Å². The van der Waals surface area contributed by atoms with E-state index in [1.165, 1.54) is 41.7 Å². The fraction of sp³-hybridized carbons (Fsp3) is 0.519. The van der Waals surface area contributed by atoms with Crippen LogP contribution in [0.3, 0.4) is 0 Å². The minimum absolute atomic E-state index is 0.273. The number of allylic oxidation sites excluding steroid dienone is 6. The lowest BCUT2D eigenvalue weighted by Crippen LogP contribution is -2.34. The Labute approximate surface area is 178 Å². The third-order valence-electron chi connectivity index (χ3n) is 6.44. The molecular weight excluding hydrogens is 354 g/mol. The van der Waals surface area contributed by atoms with E-state index in [4.69, 9.17) is 0 Å². The predicted molar refractivity (Wildman–Crippen MR) is 126 cm³/mol. The number of nitrogens with zero attached hydrogens (tertiary/aromatic N) is 1. The number of carbonyl (C=O) groups excluding carboxylic acids is 1.